The third-order valence-electron chi connectivity index (χ3n) is 3.10. The average molecular weight is 310 g/mol. The van der Waals surface area contributed by atoms with E-state index < -0.39 is 11.4 Å². The standard InChI is InChI=1S/C15H22N2O5/c1-9-11(13(19)20)6-10(22-9)8-17(5)12(18)7-16-14(21)15(2,3)4/h6H,7-8H2,1-5H3,(H,16,21)(H,19,20). The van der Waals surface area contributed by atoms with Gasteiger partial charge in [0.15, 0.2) is 0 Å². The average Bonchev–Trinajstić information content (AvgIpc) is 2.75. The van der Waals surface area contributed by atoms with Crippen molar-refractivity contribution < 1.29 is 23.9 Å². The fraction of sp³-hybridized carbons (Fsp3) is 0.533. The van der Waals surface area contributed by atoms with Crippen molar-refractivity contribution >= 4 is 17.8 Å². The molecule has 122 valence electrons. The smallest absolute Gasteiger partial charge is 0.339 e. The SMILES string of the molecule is Cc1oc(CN(C)C(=O)CNC(=O)C(C)(C)C)cc1C(=O)O. The van der Waals surface area contributed by atoms with Gasteiger partial charge in [-0.2, -0.15) is 0 Å². The minimum Gasteiger partial charge on any atom is -0.478 e. The summed E-state index contributed by atoms with van der Waals surface area (Å²) in [5.41, 5.74) is -0.482. The van der Waals surface area contributed by atoms with Gasteiger partial charge in [-0.25, -0.2) is 4.79 Å². The molecular formula is C15H22N2O5. The van der Waals surface area contributed by atoms with Gasteiger partial charge < -0.3 is 19.7 Å². The second-order valence-electron chi connectivity index (χ2n) is 6.17. The van der Waals surface area contributed by atoms with Crippen LogP contribution in [0.4, 0.5) is 0 Å². The Hall–Kier alpha value is -2.31. The first-order valence-electron chi connectivity index (χ1n) is 6.87. The van der Waals surface area contributed by atoms with Crippen LogP contribution in [0.1, 0.15) is 42.6 Å². The minimum atomic E-state index is -1.07. The van der Waals surface area contributed by atoms with Gasteiger partial charge in [0.05, 0.1) is 13.1 Å². The molecule has 0 unspecified atom stereocenters. The highest BCUT2D eigenvalue weighted by molar-refractivity contribution is 5.89. The number of carbonyl (C=O) groups is 3. The molecule has 0 fully saturated rings. The van der Waals surface area contributed by atoms with E-state index in [9.17, 15) is 14.4 Å². The molecule has 7 heteroatoms. The Labute approximate surface area is 129 Å². The molecule has 22 heavy (non-hydrogen) atoms. The van der Waals surface area contributed by atoms with Crippen molar-refractivity contribution in [3.63, 3.8) is 0 Å². The van der Waals surface area contributed by atoms with Gasteiger partial charge in [0.25, 0.3) is 0 Å². The largest absolute Gasteiger partial charge is 0.478 e. The first kappa shape index (κ1) is 17.7. The van der Waals surface area contributed by atoms with Crippen molar-refractivity contribution in [1.82, 2.24) is 10.2 Å². The van der Waals surface area contributed by atoms with Gasteiger partial charge in [0, 0.05) is 12.5 Å². The molecule has 0 aromatic carbocycles. The van der Waals surface area contributed by atoms with Crippen molar-refractivity contribution in [3.05, 3.63) is 23.2 Å². The number of aromatic carboxylic acids is 1. The first-order chi connectivity index (χ1) is 10.0. The number of aryl methyl sites for hydroxylation is 1. The van der Waals surface area contributed by atoms with E-state index >= 15 is 0 Å². The van der Waals surface area contributed by atoms with Gasteiger partial charge in [-0.1, -0.05) is 20.8 Å². The van der Waals surface area contributed by atoms with E-state index in [1.165, 1.54) is 11.0 Å². The predicted octanol–water partition coefficient (Wildman–Crippen LogP) is 1.41. The van der Waals surface area contributed by atoms with Crippen LogP contribution in [-0.2, 0) is 16.1 Å². The van der Waals surface area contributed by atoms with E-state index in [-0.39, 0.29) is 30.5 Å². The summed E-state index contributed by atoms with van der Waals surface area (Å²) in [6.07, 6.45) is 0. The van der Waals surface area contributed by atoms with Crippen LogP contribution >= 0.6 is 0 Å². The third kappa shape index (κ3) is 4.61. The maximum atomic E-state index is 12.0. The molecule has 0 saturated heterocycles. The molecule has 1 aromatic rings. The Morgan fingerprint density at radius 3 is 2.36 bits per heavy atom. The van der Waals surface area contributed by atoms with Crippen LogP contribution in [0.3, 0.4) is 0 Å². The number of rotatable bonds is 5. The van der Waals surface area contributed by atoms with Gasteiger partial charge in [-0.3, -0.25) is 9.59 Å². The number of hydrogen-bond acceptors (Lipinski definition) is 4. The Kier molecular flexibility index (Phi) is 5.35. The number of furan rings is 1. The predicted molar refractivity (Wildman–Crippen MR) is 79.3 cm³/mol. The van der Waals surface area contributed by atoms with Crippen molar-refractivity contribution in [2.24, 2.45) is 5.41 Å². The summed E-state index contributed by atoms with van der Waals surface area (Å²) in [5, 5.41) is 11.5. The molecule has 0 radical (unpaired) electrons. The molecular weight excluding hydrogens is 288 g/mol. The number of hydrogen-bond donors (Lipinski definition) is 2. The molecule has 0 atom stereocenters. The van der Waals surface area contributed by atoms with Crippen LogP contribution in [0.25, 0.3) is 0 Å². The lowest BCUT2D eigenvalue weighted by molar-refractivity contribution is -0.134. The van der Waals surface area contributed by atoms with Crippen LogP contribution < -0.4 is 5.32 Å². The van der Waals surface area contributed by atoms with E-state index in [2.05, 4.69) is 5.32 Å². The first-order valence-corrected chi connectivity index (χ1v) is 6.87. The Morgan fingerprint density at radius 1 is 1.32 bits per heavy atom. The highest BCUT2D eigenvalue weighted by atomic mass is 16.4. The summed E-state index contributed by atoms with van der Waals surface area (Å²) >= 11 is 0. The number of carboxylic acid groups (broad SMARTS) is 1. The number of likely N-dealkylation sites (N-methyl/N-ethyl adjacent to an activating group) is 1. The molecule has 7 nitrogen and oxygen atoms in total. The molecule has 0 aliphatic heterocycles. The van der Waals surface area contributed by atoms with E-state index in [0.29, 0.717) is 11.5 Å². The van der Waals surface area contributed by atoms with Crippen LogP contribution in [-0.4, -0.2) is 41.4 Å². The second kappa shape index (κ2) is 6.64. The Morgan fingerprint density at radius 2 is 1.91 bits per heavy atom. The van der Waals surface area contributed by atoms with Gasteiger partial charge >= 0.3 is 5.97 Å². The summed E-state index contributed by atoms with van der Waals surface area (Å²) in [5.74, 6) is -0.893. The van der Waals surface area contributed by atoms with Crippen LogP contribution in [0, 0.1) is 12.3 Å². The topological polar surface area (TPSA) is 99.9 Å². The maximum Gasteiger partial charge on any atom is 0.339 e. The summed E-state index contributed by atoms with van der Waals surface area (Å²) in [7, 11) is 1.56. The summed E-state index contributed by atoms with van der Waals surface area (Å²) in [6, 6.07) is 1.40. The third-order valence-corrected chi connectivity index (χ3v) is 3.10. The fourth-order valence-corrected chi connectivity index (χ4v) is 1.71. The number of nitrogens with zero attached hydrogens (tertiary/aromatic N) is 1. The van der Waals surface area contributed by atoms with Gasteiger partial charge in [-0.15, -0.1) is 0 Å². The highest BCUT2D eigenvalue weighted by Crippen LogP contribution is 2.16. The second-order valence-corrected chi connectivity index (χ2v) is 6.17. The zero-order valence-electron chi connectivity index (χ0n) is 13.5. The molecule has 0 aliphatic rings. The quantitative estimate of drug-likeness (QED) is 0.856. The normalized spacial score (nSPS) is 11.1. The Balaban J connectivity index is 2.60. The monoisotopic (exact) mass is 310 g/mol. The molecule has 0 bridgehead atoms. The van der Waals surface area contributed by atoms with Gasteiger partial charge in [0.1, 0.15) is 17.1 Å². The molecule has 0 aliphatic carbocycles. The van der Waals surface area contributed by atoms with Crippen LogP contribution in [0.5, 0.6) is 0 Å². The molecule has 1 rings (SSSR count). The highest BCUT2D eigenvalue weighted by Gasteiger charge is 2.22. The van der Waals surface area contributed by atoms with Crippen molar-refractivity contribution in [1.29, 1.82) is 0 Å². The summed E-state index contributed by atoms with van der Waals surface area (Å²) in [6.45, 7) is 6.86. The molecule has 2 N–H and O–H groups in total. The fourth-order valence-electron chi connectivity index (χ4n) is 1.71. The molecule has 0 saturated carbocycles. The lowest BCUT2D eigenvalue weighted by Crippen LogP contribution is -2.42. The maximum absolute atomic E-state index is 12.0. The van der Waals surface area contributed by atoms with E-state index in [1.807, 2.05) is 0 Å². The number of nitrogens with one attached hydrogen (secondary N) is 1. The van der Waals surface area contributed by atoms with Gasteiger partial charge in [-0.05, 0) is 13.0 Å². The minimum absolute atomic E-state index is 0.0804. The number of amides is 2. The Bertz CT molecular complexity index is 583. The van der Waals surface area contributed by atoms with Crippen LogP contribution in [0.2, 0.25) is 0 Å². The summed E-state index contributed by atoms with van der Waals surface area (Å²) in [4.78, 5) is 36.0. The lowest BCUT2D eigenvalue weighted by atomic mass is 9.96. The lowest BCUT2D eigenvalue weighted by Gasteiger charge is -2.20. The van der Waals surface area contributed by atoms with E-state index in [1.54, 1.807) is 34.7 Å². The van der Waals surface area contributed by atoms with Crippen molar-refractivity contribution in [3.8, 4) is 0 Å². The molecule has 1 aromatic heterocycles. The van der Waals surface area contributed by atoms with Crippen LogP contribution in [0.15, 0.2) is 10.5 Å². The molecule has 1 heterocycles. The zero-order chi connectivity index (χ0) is 17.1. The van der Waals surface area contributed by atoms with Gasteiger partial charge in [0.2, 0.25) is 11.8 Å². The zero-order valence-corrected chi connectivity index (χ0v) is 13.5. The van der Waals surface area contributed by atoms with E-state index in [4.69, 9.17) is 9.52 Å². The summed E-state index contributed by atoms with van der Waals surface area (Å²) < 4.78 is 5.31. The molecule has 0 spiro atoms. The van der Waals surface area contributed by atoms with Crippen molar-refractivity contribution in [2.45, 2.75) is 34.2 Å². The van der Waals surface area contributed by atoms with Crippen molar-refractivity contribution in [2.75, 3.05) is 13.6 Å². The number of carbonyl (C=O) groups excluding carboxylic acids is 2. The molecule has 2 amide bonds. The number of carboxylic acids is 1. The van der Waals surface area contributed by atoms with E-state index in [0.717, 1.165) is 0 Å².